The van der Waals surface area contributed by atoms with Gasteiger partial charge in [-0.2, -0.15) is 0 Å². The summed E-state index contributed by atoms with van der Waals surface area (Å²) in [6.07, 6.45) is 0. The monoisotopic (exact) mass is 284 g/mol. The van der Waals surface area contributed by atoms with Crippen LogP contribution in [0.4, 0.5) is 0 Å². The van der Waals surface area contributed by atoms with Gasteiger partial charge in [0.25, 0.3) is 5.91 Å². The van der Waals surface area contributed by atoms with E-state index < -0.39 is 0 Å². The van der Waals surface area contributed by atoms with Gasteiger partial charge in [0, 0.05) is 10.6 Å². The Morgan fingerprint density at radius 1 is 1.44 bits per heavy atom. The maximum absolute atomic E-state index is 12.2. The minimum Gasteiger partial charge on any atom is -0.392 e. The Morgan fingerprint density at radius 3 is 2.56 bits per heavy atom. The summed E-state index contributed by atoms with van der Waals surface area (Å²) < 4.78 is 0. The second-order valence-corrected chi connectivity index (χ2v) is 5.39. The van der Waals surface area contributed by atoms with Crippen LogP contribution in [0.25, 0.3) is 0 Å². The second kappa shape index (κ2) is 6.16. The summed E-state index contributed by atoms with van der Waals surface area (Å²) in [6, 6.07) is 4.91. The molecule has 1 unspecified atom stereocenters. The Labute approximate surface area is 118 Å². The van der Waals surface area contributed by atoms with Crippen LogP contribution in [0.1, 0.15) is 29.8 Å². The third kappa shape index (κ3) is 3.43. The highest BCUT2D eigenvalue weighted by Crippen LogP contribution is 2.19. The molecule has 0 aliphatic carbocycles. The number of carbonyl (C=O) groups is 1. The van der Waals surface area contributed by atoms with Crippen LogP contribution in [0.3, 0.4) is 0 Å². The van der Waals surface area contributed by atoms with E-state index >= 15 is 0 Å². The van der Waals surface area contributed by atoms with Crippen LogP contribution in [0, 0.1) is 12.8 Å². The first-order valence-corrected chi connectivity index (χ1v) is 6.48. The standard InChI is InChI=1S/C13H17ClN2OS/c1-7(2)11(12(15)18)16-13(17)9-5-4-6-10(14)8(9)3/h4-7,11H,1-3H3,(H2,15,18)(H,16,17). The zero-order valence-electron chi connectivity index (χ0n) is 10.7. The normalized spacial score (nSPS) is 12.3. The molecule has 0 saturated heterocycles. The van der Waals surface area contributed by atoms with Gasteiger partial charge in [-0.3, -0.25) is 4.79 Å². The molecule has 0 spiro atoms. The Bertz CT molecular complexity index is 474. The van der Waals surface area contributed by atoms with Crippen LogP contribution in [0.5, 0.6) is 0 Å². The van der Waals surface area contributed by atoms with E-state index in [9.17, 15) is 4.79 Å². The summed E-state index contributed by atoms with van der Waals surface area (Å²) >= 11 is 10.9. The molecule has 1 aromatic rings. The highest BCUT2D eigenvalue weighted by Gasteiger charge is 2.20. The number of nitrogens with one attached hydrogen (secondary N) is 1. The van der Waals surface area contributed by atoms with Crippen molar-refractivity contribution in [1.29, 1.82) is 0 Å². The topological polar surface area (TPSA) is 55.1 Å². The van der Waals surface area contributed by atoms with Gasteiger partial charge in [-0.25, -0.2) is 0 Å². The molecule has 1 amide bonds. The molecule has 1 aromatic carbocycles. The Hall–Kier alpha value is -1.13. The fraction of sp³-hybridized carbons (Fsp3) is 0.385. The number of rotatable bonds is 4. The molecule has 0 saturated carbocycles. The molecule has 0 bridgehead atoms. The molecular formula is C13H17ClN2OS. The number of halogens is 1. The summed E-state index contributed by atoms with van der Waals surface area (Å²) in [7, 11) is 0. The summed E-state index contributed by atoms with van der Waals surface area (Å²) in [5, 5.41) is 3.41. The predicted molar refractivity (Wildman–Crippen MR) is 79.1 cm³/mol. The van der Waals surface area contributed by atoms with Crippen molar-refractivity contribution in [2.45, 2.75) is 26.8 Å². The maximum atomic E-state index is 12.2. The van der Waals surface area contributed by atoms with E-state index in [0.29, 0.717) is 10.6 Å². The SMILES string of the molecule is Cc1c(Cl)cccc1C(=O)NC(C(N)=S)C(C)C. The van der Waals surface area contributed by atoms with Gasteiger partial charge in [0.1, 0.15) is 0 Å². The zero-order valence-corrected chi connectivity index (χ0v) is 12.2. The molecule has 5 heteroatoms. The van der Waals surface area contributed by atoms with E-state index in [-0.39, 0.29) is 22.9 Å². The van der Waals surface area contributed by atoms with Gasteiger partial charge in [-0.1, -0.05) is 43.7 Å². The molecule has 0 heterocycles. The minimum atomic E-state index is -0.314. The predicted octanol–water partition coefficient (Wildman–Crippen LogP) is 2.69. The second-order valence-electron chi connectivity index (χ2n) is 4.51. The van der Waals surface area contributed by atoms with E-state index in [1.54, 1.807) is 18.2 Å². The van der Waals surface area contributed by atoms with Crippen LogP contribution >= 0.6 is 23.8 Å². The number of hydrogen-bond donors (Lipinski definition) is 2. The molecule has 0 radical (unpaired) electrons. The molecule has 0 fully saturated rings. The average Bonchev–Trinajstić information content (AvgIpc) is 2.28. The highest BCUT2D eigenvalue weighted by molar-refractivity contribution is 7.80. The Kier molecular flexibility index (Phi) is 5.11. The molecule has 0 aliphatic heterocycles. The van der Waals surface area contributed by atoms with E-state index in [2.05, 4.69) is 5.32 Å². The lowest BCUT2D eigenvalue weighted by Gasteiger charge is -2.21. The van der Waals surface area contributed by atoms with Crippen molar-refractivity contribution in [1.82, 2.24) is 5.32 Å². The lowest BCUT2D eigenvalue weighted by atomic mass is 10.0. The van der Waals surface area contributed by atoms with Crippen molar-refractivity contribution in [2.24, 2.45) is 11.7 Å². The lowest BCUT2D eigenvalue weighted by molar-refractivity contribution is 0.0939. The first kappa shape index (κ1) is 14.9. The van der Waals surface area contributed by atoms with E-state index in [1.165, 1.54) is 0 Å². The summed E-state index contributed by atoms with van der Waals surface area (Å²) in [4.78, 5) is 12.4. The van der Waals surface area contributed by atoms with Crippen LogP contribution in [-0.2, 0) is 0 Å². The molecule has 1 atom stereocenters. The van der Waals surface area contributed by atoms with Crippen molar-refractivity contribution >= 4 is 34.7 Å². The number of carbonyl (C=O) groups excluding carboxylic acids is 1. The lowest BCUT2D eigenvalue weighted by Crippen LogP contribution is -2.46. The molecule has 0 aromatic heterocycles. The van der Waals surface area contributed by atoms with Gasteiger partial charge in [-0.15, -0.1) is 0 Å². The van der Waals surface area contributed by atoms with Crippen LogP contribution in [0.2, 0.25) is 5.02 Å². The highest BCUT2D eigenvalue weighted by atomic mass is 35.5. The number of nitrogens with two attached hydrogens (primary N) is 1. The third-order valence-electron chi connectivity index (χ3n) is 2.77. The van der Waals surface area contributed by atoms with Crippen LogP contribution < -0.4 is 11.1 Å². The number of benzene rings is 1. The van der Waals surface area contributed by atoms with Gasteiger partial charge >= 0.3 is 0 Å². The molecular weight excluding hydrogens is 268 g/mol. The van der Waals surface area contributed by atoms with Crippen molar-refractivity contribution < 1.29 is 4.79 Å². The summed E-state index contributed by atoms with van der Waals surface area (Å²) in [5.74, 6) is -0.0626. The van der Waals surface area contributed by atoms with E-state index in [4.69, 9.17) is 29.6 Å². The van der Waals surface area contributed by atoms with Crippen molar-refractivity contribution in [3.63, 3.8) is 0 Å². The number of hydrogen-bond acceptors (Lipinski definition) is 2. The first-order chi connectivity index (χ1) is 8.34. The fourth-order valence-electron chi connectivity index (χ4n) is 1.64. The molecule has 18 heavy (non-hydrogen) atoms. The fourth-order valence-corrected chi connectivity index (χ4v) is 2.14. The van der Waals surface area contributed by atoms with Crippen LogP contribution in [0.15, 0.2) is 18.2 Å². The summed E-state index contributed by atoms with van der Waals surface area (Å²) in [6.45, 7) is 5.71. The van der Waals surface area contributed by atoms with Crippen molar-refractivity contribution in [3.05, 3.63) is 34.3 Å². The third-order valence-corrected chi connectivity index (χ3v) is 3.44. The molecule has 98 valence electrons. The summed E-state index contributed by atoms with van der Waals surface area (Å²) in [5.41, 5.74) is 6.92. The van der Waals surface area contributed by atoms with Gasteiger partial charge in [-0.05, 0) is 30.5 Å². The molecule has 3 N–H and O–H groups in total. The van der Waals surface area contributed by atoms with Crippen LogP contribution in [-0.4, -0.2) is 16.9 Å². The average molecular weight is 285 g/mol. The van der Waals surface area contributed by atoms with Crippen molar-refractivity contribution in [2.75, 3.05) is 0 Å². The van der Waals surface area contributed by atoms with E-state index in [0.717, 1.165) is 5.56 Å². The van der Waals surface area contributed by atoms with E-state index in [1.807, 2.05) is 20.8 Å². The smallest absolute Gasteiger partial charge is 0.252 e. The zero-order chi connectivity index (χ0) is 13.9. The van der Waals surface area contributed by atoms with Crippen molar-refractivity contribution in [3.8, 4) is 0 Å². The first-order valence-electron chi connectivity index (χ1n) is 5.70. The molecule has 3 nitrogen and oxygen atoms in total. The molecule has 1 rings (SSSR count). The van der Waals surface area contributed by atoms with Gasteiger partial charge < -0.3 is 11.1 Å². The van der Waals surface area contributed by atoms with Gasteiger partial charge in [0.2, 0.25) is 0 Å². The molecule has 0 aliphatic rings. The van der Waals surface area contributed by atoms with Gasteiger partial charge in [0.05, 0.1) is 11.0 Å². The largest absolute Gasteiger partial charge is 0.392 e. The Balaban J connectivity index is 2.94. The number of thiocarbonyl (C=S) groups is 1. The quantitative estimate of drug-likeness (QED) is 0.836. The number of amides is 1. The van der Waals surface area contributed by atoms with Gasteiger partial charge in [0.15, 0.2) is 0 Å². The Morgan fingerprint density at radius 2 is 2.06 bits per heavy atom. The minimum absolute atomic E-state index is 0.144. The maximum Gasteiger partial charge on any atom is 0.252 e.